The molecule has 92 valence electrons. The van der Waals surface area contributed by atoms with Crippen molar-refractivity contribution in [1.29, 1.82) is 0 Å². The minimum absolute atomic E-state index is 0.322. The van der Waals surface area contributed by atoms with Gasteiger partial charge in [0.05, 0.1) is 5.69 Å². The molecule has 2 atom stereocenters. The van der Waals surface area contributed by atoms with Crippen LogP contribution in [0.15, 0.2) is 17.8 Å². The maximum absolute atomic E-state index is 6.06. The number of nitrogens with zero attached hydrogens (tertiary/aromatic N) is 3. The minimum atomic E-state index is 0.322. The molecule has 2 unspecified atom stereocenters. The Bertz CT molecular complexity index is 465. The molecule has 4 nitrogen and oxygen atoms in total. The molecule has 1 aliphatic heterocycles. The van der Waals surface area contributed by atoms with Gasteiger partial charge in [-0.3, -0.25) is 9.30 Å². The molecule has 0 radical (unpaired) electrons. The van der Waals surface area contributed by atoms with Gasteiger partial charge in [0, 0.05) is 43.4 Å². The lowest BCUT2D eigenvalue weighted by Gasteiger charge is -2.34. The molecule has 2 aromatic heterocycles. The Kier molecular flexibility index (Phi) is 2.90. The highest BCUT2D eigenvalue weighted by atomic mass is 32.1. The summed E-state index contributed by atoms with van der Waals surface area (Å²) >= 11 is 1.68. The van der Waals surface area contributed by atoms with Gasteiger partial charge in [-0.05, 0) is 12.3 Å². The zero-order valence-corrected chi connectivity index (χ0v) is 10.9. The zero-order chi connectivity index (χ0) is 11.8. The van der Waals surface area contributed by atoms with Crippen molar-refractivity contribution in [1.82, 2.24) is 14.3 Å². The standard InChI is InChI=1S/C12H18N4S/c1-9-4-10(13)6-15(5-9)7-11-8-16-2-3-17-12(16)14-11/h2-3,8-10H,4-7,13H2,1H3. The van der Waals surface area contributed by atoms with E-state index in [0.717, 1.165) is 36.7 Å². The van der Waals surface area contributed by atoms with E-state index in [0.29, 0.717) is 12.0 Å². The van der Waals surface area contributed by atoms with Gasteiger partial charge in [-0.2, -0.15) is 0 Å². The molecule has 0 saturated carbocycles. The first kappa shape index (κ1) is 11.2. The van der Waals surface area contributed by atoms with Crippen LogP contribution < -0.4 is 5.73 Å². The Labute approximate surface area is 105 Å². The number of fused-ring (bicyclic) bond motifs is 1. The molecular weight excluding hydrogens is 232 g/mol. The van der Waals surface area contributed by atoms with Crippen molar-refractivity contribution in [2.45, 2.75) is 25.9 Å². The lowest BCUT2D eigenvalue weighted by molar-refractivity contribution is 0.157. The Hall–Kier alpha value is -0.910. The van der Waals surface area contributed by atoms with E-state index in [1.165, 1.54) is 0 Å². The van der Waals surface area contributed by atoms with Crippen LogP contribution in [0, 0.1) is 5.92 Å². The van der Waals surface area contributed by atoms with Crippen LogP contribution in [-0.4, -0.2) is 33.4 Å². The lowest BCUT2D eigenvalue weighted by Crippen LogP contribution is -2.45. The fourth-order valence-corrected chi connectivity index (χ4v) is 3.44. The predicted molar refractivity (Wildman–Crippen MR) is 70.1 cm³/mol. The molecule has 0 bridgehead atoms. The van der Waals surface area contributed by atoms with E-state index in [2.05, 4.69) is 39.0 Å². The number of thiazole rings is 1. The highest BCUT2D eigenvalue weighted by molar-refractivity contribution is 7.15. The molecule has 1 saturated heterocycles. The summed E-state index contributed by atoms with van der Waals surface area (Å²) in [4.78, 5) is 8.12. The summed E-state index contributed by atoms with van der Waals surface area (Å²) in [7, 11) is 0. The summed E-state index contributed by atoms with van der Waals surface area (Å²) in [6.45, 7) is 5.33. The fraction of sp³-hybridized carbons (Fsp3) is 0.583. The Morgan fingerprint density at radius 1 is 1.53 bits per heavy atom. The average Bonchev–Trinajstić information content (AvgIpc) is 2.75. The molecule has 3 heterocycles. The average molecular weight is 250 g/mol. The minimum Gasteiger partial charge on any atom is -0.327 e. The zero-order valence-electron chi connectivity index (χ0n) is 10.0. The van der Waals surface area contributed by atoms with Gasteiger partial charge in [0.1, 0.15) is 0 Å². The van der Waals surface area contributed by atoms with Gasteiger partial charge < -0.3 is 5.73 Å². The normalized spacial score (nSPS) is 26.7. The maximum atomic E-state index is 6.06. The van der Waals surface area contributed by atoms with Crippen LogP contribution in [0.5, 0.6) is 0 Å². The number of likely N-dealkylation sites (tertiary alicyclic amines) is 1. The van der Waals surface area contributed by atoms with Crippen molar-refractivity contribution in [2.75, 3.05) is 13.1 Å². The number of rotatable bonds is 2. The smallest absolute Gasteiger partial charge is 0.193 e. The molecule has 1 aliphatic rings. The molecule has 0 amide bonds. The van der Waals surface area contributed by atoms with Gasteiger partial charge in [0.15, 0.2) is 4.96 Å². The predicted octanol–water partition coefficient (Wildman–Crippen LogP) is 1.56. The summed E-state index contributed by atoms with van der Waals surface area (Å²) in [6.07, 6.45) is 5.33. The highest BCUT2D eigenvalue weighted by Crippen LogP contribution is 2.18. The van der Waals surface area contributed by atoms with E-state index < -0.39 is 0 Å². The number of hydrogen-bond donors (Lipinski definition) is 1. The van der Waals surface area contributed by atoms with E-state index in [-0.39, 0.29) is 0 Å². The molecule has 3 rings (SSSR count). The van der Waals surface area contributed by atoms with E-state index in [9.17, 15) is 0 Å². The maximum Gasteiger partial charge on any atom is 0.193 e. The molecule has 5 heteroatoms. The third-order valence-corrected chi connectivity index (χ3v) is 4.07. The first-order valence-corrected chi connectivity index (χ1v) is 6.97. The second kappa shape index (κ2) is 4.40. The van der Waals surface area contributed by atoms with Crippen molar-refractivity contribution in [3.05, 3.63) is 23.5 Å². The monoisotopic (exact) mass is 250 g/mol. The van der Waals surface area contributed by atoms with Crippen LogP contribution in [0.2, 0.25) is 0 Å². The summed E-state index contributed by atoms with van der Waals surface area (Å²) < 4.78 is 2.09. The van der Waals surface area contributed by atoms with E-state index in [1.54, 1.807) is 11.3 Å². The summed E-state index contributed by atoms with van der Waals surface area (Å²) in [5.74, 6) is 0.697. The van der Waals surface area contributed by atoms with E-state index in [4.69, 9.17) is 5.73 Å². The third-order valence-electron chi connectivity index (χ3n) is 3.30. The van der Waals surface area contributed by atoms with Crippen LogP contribution in [0.1, 0.15) is 19.0 Å². The van der Waals surface area contributed by atoms with Crippen LogP contribution in [0.4, 0.5) is 0 Å². The molecule has 2 N–H and O–H groups in total. The van der Waals surface area contributed by atoms with Gasteiger partial charge in [-0.25, -0.2) is 4.98 Å². The molecule has 0 spiro atoms. The SMILES string of the molecule is CC1CC(N)CN(Cc2cn3ccsc3n2)C1. The molecule has 1 fully saturated rings. The highest BCUT2D eigenvalue weighted by Gasteiger charge is 2.22. The fourth-order valence-electron chi connectivity index (χ4n) is 2.72. The Morgan fingerprint density at radius 3 is 3.18 bits per heavy atom. The van der Waals surface area contributed by atoms with Crippen LogP contribution in [0.3, 0.4) is 0 Å². The molecular formula is C12H18N4S. The number of piperidine rings is 1. The number of hydrogen-bond acceptors (Lipinski definition) is 4. The van der Waals surface area contributed by atoms with Crippen molar-refractivity contribution in [3.8, 4) is 0 Å². The van der Waals surface area contributed by atoms with Crippen molar-refractivity contribution in [3.63, 3.8) is 0 Å². The number of imidazole rings is 1. The van der Waals surface area contributed by atoms with E-state index in [1.807, 2.05) is 0 Å². The molecule has 2 aromatic rings. The number of aromatic nitrogens is 2. The first-order valence-electron chi connectivity index (χ1n) is 6.09. The second-order valence-corrected chi connectivity index (χ2v) is 5.99. The van der Waals surface area contributed by atoms with Gasteiger partial charge in [-0.15, -0.1) is 11.3 Å². The lowest BCUT2D eigenvalue weighted by atomic mass is 9.96. The van der Waals surface area contributed by atoms with Gasteiger partial charge in [0.2, 0.25) is 0 Å². The van der Waals surface area contributed by atoms with Crippen LogP contribution >= 0.6 is 11.3 Å². The second-order valence-electron chi connectivity index (χ2n) is 5.12. The van der Waals surface area contributed by atoms with Gasteiger partial charge in [-0.1, -0.05) is 6.92 Å². The van der Waals surface area contributed by atoms with Gasteiger partial charge >= 0.3 is 0 Å². The molecule has 0 aliphatic carbocycles. The third kappa shape index (κ3) is 2.36. The summed E-state index contributed by atoms with van der Waals surface area (Å²) in [6, 6.07) is 0.322. The summed E-state index contributed by atoms with van der Waals surface area (Å²) in [5.41, 5.74) is 7.21. The van der Waals surface area contributed by atoms with Crippen molar-refractivity contribution in [2.24, 2.45) is 11.7 Å². The Balaban J connectivity index is 1.72. The number of nitrogens with two attached hydrogens (primary N) is 1. The topological polar surface area (TPSA) is 46.6 Å². The quantitative estimate of drug-likeness (QED) is 0.880. The van der Waals surface area contributed by atoms with Crippen LogP contribution in [0.25, 0.3) is 4.96 Å². The van der Waals surface area contributed by atoms with Crippen LogP contribution in [-0.2, 0) is 6.54 Å². The Morgan fingerprint density at radius 2 is 2.41 bits per heavy atom. The molecule has 17 heavy (non-hydrogen) atoms. The van der Waals surface area contributed by atoms with Gasteiger partial charge in [0.25, 0.3) is 0 Å². The molecule has 0 aromatic carbocycles. The van der Waals surface area contributed by atoms with Crippen molar-refractivity contribution >= 4 is 16.3 Å². The first-order chi connectivity index (χ1) is 8.20. The van der Waals surface area contributed by atoms with E-state index >= 15 is 0 Å². The summed E-state index contributed by atoms with van der Waals surface area (Å²) in [5, 5.41) is 2.06. The van der Waals surface area contributed by atoms with Crippen molar-refractivity contribution < 1.29 is 0 Å². The largest absolute Gasteiger partial charge is 0.327 e.